The van der Waals surface area contributed by atoms with Crippen LogP contribution in [0.4, 0.5) is 4.39 Å². The van der Waals surface area contributed by atoms with Gasteiger partial charge in [-0.05, 0) is 73.2 Å². The fourth-order valence-electron chi connectivity index (χ4n) is 3.42. The van der Waals surface area contributed by atoms with Gasteiger partial charge in [0.1, 0.15) is 17.3 Å². The van der Waals surface area contributed by atoms with Crippen molar-refractivity contribution in [2.75, 3.05) is 0 Å². The van der Waals surface area contributed by atoms with E-state index in [2.05, 4.69) is 10.5 Å². The average molecular weight is 540 g/mol. The van der Waals surface area contributed by atoms with Gasteiger partial charge in [-0.1, -0.05) is 41.4 Å². The molecule has 1 N–H and O–H groups in total. The van der Waals surface area contributed by atoms with Gasteiger partial charge >= 0.3 is 0 Å². The molecule has 4 rings (SSSR count). The summed E-state index contributed by atoms with van der Waals surface area (Å²) in [6.45, 7) is 1.95. The molecule has 0 spiro atoms. The van der Waals surface area contributed by atoms with E-state index < -0.39 is 21.7 Å². The van der Waals surface area contributed by atoms with Crippen LogP contribution in [-0.4, -0.2) is 24.8 Å². The standard InChI is InChI=1S/C27H23ClFN3O4S/c1-19-2-14-26(15-3-19)37(34,35)32(17-20-4-8-22(28)9-5-20)18-25-13-12-24(36-25)16-30-31-27(33)21-6-10-23(29)11-7-21/h2-16H,17-18H2,1H3,(H,31,33)/b30-16-. The Morgan fingerprint density at radius 1 is 0.973 bits per heavy atom. The molecule has 37 heavy (non-hydrogen) atoms. The molecule has 0 saturated heterocycles. The van der Waals surface area contributed by atoms with Gasteiger partial charge in [0.2, 0.25) is 10.0 Å². The van der Waals surface area contributed by atoms with Crippen LogP contribution in [-0.2, 0) is 23.1 Å². The zero-order chi connectivity index (χ0) is 26.4. The van der Waals surface area contributed by atoms with E-state index >= 15 is 0 Å². The topological polar surface area (TPSA) is 92.0 Å². The summed E-state index contributed by atoms with van der Waals surface area (Å²) in [4.78, 5) is 12.3. The van der Waals surface area contributed by atoms with Crippen molar-refractivity contribution in [3.05, 3.63) is 124 Å². The molecule has 3 aromatic carbocycles. The van der Waals surface area contributed by atoms with Crippen LogP contribution in [0.5, 0.6) is 0 Å². The van der Waals surface area contributed by atoms with Gasteiger partial charge < -0.3 is 4.42 Å². The van der Waals surface area contributed by atoms with Crippen LogP contribution in [0.2, 0.25) is 5.02 Å². The zero-order valence-corrected chi connectivity index (χ0v) is 21.3. The minimum absolute atomic E-state index is 0.0331. The molecule has 7 nitrogen and oxygen atoms in total. The Labute approximate surface area is 219 Å². The first-order valence-corrected chi connectivity index (χ1v) is 13.0. The van der Waals surface area contributed by atoms with Crippen molar-refractivity contribution in [2.45, 2.75) is 24.9 Å². The highest BCUT2D eigenvalue weighted by Crippen LogP contribution is 2.23. The molecule has 1 heterocycles. The summed E-state index contributed by atoms with van der Waals surface area (Å²) in [6, 6.07) is 21.9. The minimum Gasteiger partial charge on any atom is -0.459 e. The fourth-order valence-corrected chi connectivity index (χ4v) is 4.94. The Morgan fingerprint density at radius 2 is 1.65 bits per heavy atom. The van der Waals surface area contributed by atoms with Crippen molar-refractivity contribution < 1.29 is 22.0 Å². The maximum absolute atomic E-state index is 13.5. The molecule has 0 saturated carbocycles. The van der Waals surface area contributed by atoms with Gasteiger partial charge in [-0.2, -0.15) is 9.41 Å². The van der Waals surface area contributed by atoms with Gasteiger partial charge in [-0.15, -0.1) is 0 Å². The van der Waals surface area contributed by atoms with Crippen LogP contribution >= 0.6 is 11.6 Å². The molecule has 0 fully saturated rings. The summed E-state index contributed by atoms with van der Waals surface area (Å²) < 4.78 is 47.1. The van der Waals surface area contributed by atoms with E-state index in [-0.39, 0.29) is 23.5 Å². The van der Waals surface area contributed by atoms with Crippen molar-refractivity contribution in [2.24, 2.45) is 5.10 Å². The van der Waals surface area contributed by atoms with Gasteiger partial charge in [0, 0.05) is 17.1 Å². The van der Waals surface area contributed by atoms with Gasteiger partial charge in [0.05, 0.1) is 17.7 Å². The number of aryl methyl sites for hydroxylation is 1. The van der Waals surface area contributed by atoms with Crippen molar-refractivity contribution in [3.8, 4) is 0 Å². The molecule has 4 aromatic rings. The summed E-state index contributed by atoms with van der Waals surface area (Å²) in [7, 11) is -3.85. The van der Waals surface area contributed by atoms with Crippen LogP contribution in [0.3, 0.4) is 0 Å². The van der Waals surface area contributed by atoms with E-state index in [9.17, 15) is 17.6 Å². The number of rotatable bonds is 9. The molecule has 0 aliphatic rings. The Balaban J connectivity index is 1.50. The first-order chi connectivity index (χ1) is 17.7. The number of carbonyl (C=O) groups excluding carboxylic acids is 1. The highest BCUT2D eigenvalue weighted by Gasteiger charge is 2.26. The quantitative estimate of drug-likeness (QED) is 0.223. The van der Waals surface area contributed by atoms with E-state index in [1.54, 1.807) is 60.7 Å². The Kier molecular flexibility index (Phi) is 8.17. The molecule has 0 bridgehead atoms. The number of sulfonamides is 1. The summed E-state index contributed by atoms with van der Waals surface area (Å²) in [5.74, 6) is -0.261. The molecule has 1 amide bonds. The Bertz CT molecular complexity index is 1500. The van der Waals surface area contributed by atoms with Crippen molar-refractivity contribution >= 4 is 33.7 Å². The number of carbonyl (C=O) groups is 1. The lowest BCUT2D eigenvalue weighted by atomic mass is 10.2. The number of nitrogens with zero attached hydrogens (tertiary/aromatic N) is 2. The third-order valence-electron chi connectivity index (χ3n) is 5.41. The monoisotopic (exact) mass is 539 g/mol. The zero-order valence-electron chi connectivity index (χ0n) is 19.8. The molecule has 0 radical (unpaired) electrons. The van der Waals surface area contributed by atoms with E-state index in [0.29, 0.717) is 16.5 Å². The molecule has 190 valence electrons. The summed E-state index contributed by atoms with van der Waals surface area (Å²) >= 11 is 5.98. The number of benzene rings is 3. The Hall–Kier alpha value is -3.79. The maximum atomic E-state index is 13.5. The van der Waals surface area contributed by atoms with Crippen molar-refractivity contribution in [1.82, 2.24) is 9.73 Å². The SMILES string of the molecule is Cc1ccc(S(=O)(=O)N(Cc2ccc(Cl)cc2)Cc2ccc(/C=N\NC(=O)c3ccc(F)cc3)o2)cc1. The molecule has 1 aromatic heterocycles. The van der Waals surface area contributed by atoms with Gasteiger partial charge in [-0.25, -0.2) is 18.2 Å². The van der Waals surface area contributed by atoms with Crippen LogP contribution in [0.25, 0.3) is 0 Å². The lowest BCUT2D eigenvalue weighted by Gasteiger charge is -2.21. The summed E-state index contributed by atoms with van der Waals surface area (Å²) in [5, 5.41) is 4.41. The second-order valence-electron chi connectivity index (χ2n) is 8.22. The first kappa shape index (κ1) is 26.3. The number of halogens is 2. The number of amides is 1. The average Bonchev–Trinajstić information content (AvgIpc) is 3.32. The number of hydrogen-bond donors (Lipinski definition) is 1. The third kappa shape index (κ3) is 6.91. The van der Waals surface area contributed by atoms with E-state index in [1.165, 1.54) is 34.8 Å². The number of hydrogen-bond acceptors (Lipinski definition) is 5. The fraction of sp³-hybridized carbons (Fsp3) is 0.111. The molecule has 0 aliphatic carbocycles. The lowest BCUT2D eigenvalue weighted by Crippen LogP contribution is -2.30. The number of nitrogens with one attached hydrogen (secondary N) is 1. The third-order valence-corrected chi connectivity index (χ3v) is 7.47. The summed E-state index contributed by atoms with van der Waals surface area (Å²) in [5.41, 5.74) is 4.29. The summed E-state index contributed by atoms with van der Waals surface area (Å²) in [6.07, 6.45) is 1.29. The maximum Gasteiger partial charge on any atom is 0.271 e. The second-order valence-corrected chi connectivity index (χ2v) is 10.6. The molecular weight excluding hydrogens is 517 g/mol. The molecule has 0 unspecified atom stereocenters. The highest BCUT2D eigenvalue weighted by molar-refractivity contribution is 7.89. The lowest BCUT2D eigenvalue weighted by molar-refractivity contribution is 0.0955. The smallest absolute Gasteiger partial charge is 0.271 e. The van der Waals surface area contributed by atoms with Crippen LogP contribution in [0, 0.1) is 12.7 Å². The molecule has 0 atom stereocenters. The van der Waals surface area contributed by atoms with Crippen molar-refractivity contribution in [3.63, 3.8) is 0 Å². The van der Waals surface area contributed by atoms with Gasteiger partial charge in [-0.3, -0.25) is 4.79 Å². The van der Waals surface area contributed by atoms with Gasteiger partial charge in [0.15, 0.2) is 0 Å². The largest absolute Gasteiger partial charge is 0.459 e. The van der Waals surface area contributed by atoms with Crippen LogP contribution < -0.4 is 5.43 Å². The second kappa shape index (κ2) is 11.5. The van der Waals surface area contributed by atoms with E-state index in [4.69, 9.17) is 16.0 Å². The molecule has 0 aliphatic heterocycles. The Morgan fingerprint density at radius 3 is 2.32 bits per heavy atom. The highest BCUT2D eigenvalue weighted by atomic mass is 35.5. The van der Waals surface area contributed by atoms with Crippen LogP contribution in [0.1, 0.15) is 33.0 Å². The number of hydrazone groups is 1. The van der Waals surface area contributed by atoms with E-state index in [0.717, 1.165) is 11.1 Å². The predicted octanol–water partition coefficient (Wildman–Crippen LogP) is 5.54. The molecular formula is C27H23ClFN3O4S. The minimum atomic E-state index is -3.85. The van der Waals surface area contributed by atoms with Crippen molar-refractivity contribution in [1.29, 1.82) is 0 Å². The first-order valence-electron chi connectivity index (χ1n) is 11.2. The van der Waals surface area contributed by atoms with Gasteiger partial charge in [0.25, 0.3) is 5.91 Å². The van der Waals surface area contributed by atoms with E-state index in [1.807, 2.05) is 6.92 Å². The number of furan rings is 1. The predicted molar refractivity (Wildman–Crippen MR) is 139 cm³/mol. The molecule has 10 heteroatoms. The normalized spacial score (nSPS) is 11.8. The van der Waals surface area contributed by atoms with Crippen LogP contribution in [0.15, 0.2) is 99.3 Å².